The second-order valence-corrected chi connectivity index (χ2v) is 5.96. The Bertz CT molecular complexity index is 354. The number of aliphatic hydroxyl groups is 1. The third kappa shape index (κ3) is 1.79. The molecular formula is C12H20O6. The van der Waals surface area contributed by atoms with Crippen LogP contribution < -0.4 is 0 Å². The SMILES string of the molecule is CC1(C)OC2[C@@H](CO[C@@]3(CO)OC(C)(C)O[C@@H]23)O1. The highest BCUT2D eigenvalue weighted by Crippen LogP contribution is 2.47. The molecule has 0 saturated carbocycles. The summed E-state index contributed by atoms with van der Waals surface area (Å²) >= 11 is 0. The molecule has 0 amide bonds. The third-order valence-electron chi connectivity index (χ3n) is 3.50. The highest BCUT2D eigenvalue weighted by atomic mass is 16.9. The summed E-state index contributed by atoms with van der Waals surface area (Å²) in [5, 5.41) is 9.61. The van der Waals surface area contributed by atoms with Gasteiger partial charge in [-0.05, 0) is 27.7 Å². The number of hydrogen-bond donors (Lipinski definition) is 1. The zero-order valence-corrected chi connectivity index (χ0v) is 11.1. The first-order valence-corrected chi connectivity index (χ1v) is 6.25. The van der Waals surface area contributed by atoms with Crippen molar-refractivity contribution in [2.24, 2.45) is 0 Å². The predicted octanol–water partition coefficient (Wildman–Crippen LogP) is 0.377. The van der Waals surface area contributed by atoms with Crippen LogP contribution in [-0.2, 0) is 23.7 Å². The van der Waals surface area contributed by atoms with Crippen molar-refractivity contribution in [1.29, 1.82) is 0 Å². The molecule has 0 radical (unpaired) electrons. The average molecular weight is 260 g/mol. The van der Waals surface area contributed by atoms with Gasteiger partial charge in [0, 0.05) is 0 Å². The van der Waals surface area contributed by atoms with Crippen molar-refractivity contribution in [3.05, 3.63) is 0 Å². The smallest absolute Gasteiger partial charge is 0.224 e. The van der Waals surface area contributed by atoms with Crippen LogP contribution in [0.25, 0.3) is 0 Å². The van der Waals surface area contributed by atoms with Crippen molar-refractivity contribution >= 4 is 0 Å². The molecule has 0 aromatic rings. The van der Waals surface area contributed by atoms with Crippen molar-refractivity contribution in [3.63, 3.8) is 0 Å². The summed E-state index contributed by atoms with van der Waals surface area (Å²) in [6.45, 7) is 7.35. The maximum absolute atomic E-state index is 9.61. The van der Waals surface area contributed by atoms with E-state index in [-0.39, 0.29) is 18.8 Å². The van der Waals surface area contributed by atoms with Gasteiger partial charge in [-0.25, -0.2) is 0 Å². The highest BCUT2D eigenvalue weighted by Gasteiger charge is 2.65. The van der Waals surface area contributed by atoms with Gasteiger partial charge in [-0.3, -0.25) is 0 Å². The maximum atomic E-state index is 9.61. The van der Waals surface area contributed by atoms with Gasteiger partial charge in [-0.1, -0.05) is 0 Å². The van der Waals surface area contributed by atoms with E-state index in [2.05, 4.69) is 0 Å². The van der Waals surface area contributed by atoms with Gasteiger partial charge in [0.05, 0.1) is 6.61 Å². The van der Waals surface area contributed by atoms with Gasteiger partial charge in [0.15, 0.2) is 11.6 Å². The zero-order chi connectivity index (χ0) is 13.2. The average Bonchev–Trinajstić information content (AvgIpc) is 2.70. The minimum Gasteiger partial charge on any atom is -0.391 e. The Morgan fingerprint density at radius 1 is 1.06 bits per heavy atom. The van der Waals surface area contributed by atoms with Gasteiger partial charge in [-0.15, -0.1) is 0 Å². The quantitative estimate of drug-likeness (QED) is 0.735. The fraction of sp³-hybridized carbons (Fsp3) is 1.00. The summed E-state index contributed by atoms with van der Waals surface area (Å²) in [5.41, 5.74) is 0. The van der Waals surface area contributed by atoms with Crippen molar-refractivity contribution < 1.29 is 28.8 Å². The molecule has 104 valence electrons. The Morgan fingerprint density at radius 2 is 1.78 bits per heavy atom. The second-order valence-electron chi connectivity index (χ2n) is 5.96. The van der Waals surface area contributed by atoms with Crippen LogP contribution in [0.5, 0.6) is 0 Å². The molecule has 0 aromatic carbocycles. The van der Waals surface area contributed by atoms with Crippen LogP contribution >= 0.6 is 0 Å². The zero-order valence-electron chi connectivity index (χ0n) is 11.1. The molecule has 0 aromatic heterocycles. The van der Waals surface area contributed by atoms with E-state index in [0.29, 0.717) is 6.61 Å². The monoisotopic (exact) mass is 260 g/mol. The predicted molar refractivity (Wildman–Crippen MR) is 59.6 cm³/mol. The lowest BCUT2D eigenvalue weighted by Gasteiger charge is -2.39. The van der Waals surface area contributed by atoms with Crippen LogP contribution in [0.4, 0.5) is 0 Å². The molecule has 3 aliphatic heterocycles. The Morgan fingerprint density at radius 3 is 2.44 bits per heavy atom. The van der Waals surface area contributed by atoms with Crippen LogP contribution in [0.2, 0.25) is 0 Å². The summed E-state index contributed by atoms with van der Waals surface area (Å²) in [6, 6.07) is 0. The summed E-state index contributed by atoms with van der Waals surface area (Å²) in [7, 11) is 0. The van der Waals surface area contributed by atoms with Crippen molar-refractivity contribution in [2.75, 3.05) is 13.2 Å². The van der Waals surface area contributed by atoms with Crippen LogP contribution in [-0.4, -0.2) is 54.0 Å². The molecule has 0 bridgehead atoms. The molecule has 1 N–H and O–H groups in total. The molecule has 3 aliphatic rings. The molecule has 3 fully saturated rings. The fourth-order valence-electron chi connectivity index (χ4n) is 2.96. The number of fused-ring (bicyclic) bond motifs is 3. The molecule has 1 unspecified atom stereocenters. The van der Waals surface area contributed by atoms with Gasteiger partial charge in [0.25, 0.3) is 0 Å². The standard InChI is InChI=1S/C12H20O6/c1-10(2)15-7-5-14-12(6-13)9(8(7)16-10)17-11(3,4)18-12/h7-9,13H,5-6H2,1-4H3/t7-,8?,9+,12+/m1/s1. The highest BCUT2D eigenvalue weighted by molar-refractivity contribution is 5.03. The van der Waals surface area contributed by atoms with E-state index in [1.165, 1.54) is 0 Å². The van der Waals surface area contributed by atoms with Gasteiger partial charge in [-0.2, -0.15) is 0 Å². The Kier molecular flexibility index (Phi) is 2.59. The maximum Gasteiger partial charge on any atom is 0.224 e. The lowest BCUT2D eigenvalue weighted by atomic mass is 9.98. The van der Waals surface area contributed by atoms with E-state index >= 15 is 0 Å². The van der Waals surface area contributed by atoms with Crippen LogP contribution in [0.15, 0.2) is 0 Å². The lowest BCUT2D eigenvalue weighted by molar-refractivity contribution is -0.294. The number of hydrogen-bond acceptors (Lipinski definition) is 6. The van der Waals surface area contributed by atoms with E-state index in [0.717, 1.165) is 0 Å². The molecule has 3 rings (SSSR count). The van der Waals surface area contributed by atoms with E-state index in [1.54, 1.807) is 13.8 Å². The van der Waals surface area contributed by atoms with Gasteiger partial charge in [0.1, 0.15) is 24.9 Å². The molecular weight excluding hydrogens is 240 g/mol. The number of rotatable bonds is 1. The number of ether oxygens (including phenoxy) is 5. The topological polar surface area (TPSA) is 66.4 Å². The summed E-state index contributed by atoms with van der Waals surface area (Å²) in [4.78, 5) is 0. The van der Waals surface area contributed by atoms with Crippen molar-refractivity contribution in [1.82, 2.24) is 0 Å². The van der Waals surface area contributed by atoms with Crippen molar-refractivity contribution in [2.45, 2.75) is 63.4 Å². The second kappa shape index (κ2) is 3.65. The Hall–Kier alpha value is -0.240. The Labute approximate surface area is 106 Å². The van der Waals surface area contributed by atoms with Crippen LogP contribution in [0.3, 0.4) is 0 Å². The van der Waals surface area contributed by atoms with Gasteiger partial charge >= 0.3 is 0 Å². The van der Waals surface area contributed by atoms with Gasteiger partial charge < -0.3 is 28.8 Å². The largest absolute Gasteiger partial charge is 0.391 e. The molecule has 18 heavy (non-hydrogen) atoms. The summed E-state index contributed by atoms with van der Waals surface area (Å²) < 4.78 is 28.9. The van der Waals surface area contributed by atoms with Gasteiger partial charge in [0.2, 0.25) is 5.79 Å². The number of aliphatic hydroxyl groups excluding tert-OH is 1. The molecule has 4 atom stereocenters. The van der Waals surface area contributed by atoms with E-state index in [4.69, 9.17) is 23.7 Å². The first-order chi connectivity index (χ1) is 8.27. The van der Waals surface area contributed by atoms with E-state index in [1.807, 2.05) is 13.8 Å². The van der Waals surface area contributed by atoms with E-state index < -0.39 is 23.5 Å². The normalized spacial score (nSPS) is 48.8. The fourth-order valence-corrected chi connectivity index (χ4v) is 2.96. The summed E-state index contributed by atoms with van der Waals surface area (Å²) in [6.07, 6.45) is -0.970. The molecule has 3 heterocycles. The molecule has 6 nitrogen and oxygen atoms in total. The molecule has 0 aliphatic carbocycles. The molecule has 3 saturated heterocycles. The van der Waals surface area contributed by atoms with Crippen LogP contribution in [0.1, 0.15) is 27.7 Å². The minimum atomic E-state index is -1.14. The molecule has 0 spiro atoms. The van der Waals surface area contributed by atoms with Crippen molar-refractivity contribution in [3.8, 4) is 0 Å². The Balaban J connectivity index is 1.90. The minimum absolute atomic E-state index is 0.192. The molecule has 6 heteroatoms. The summed E-state index contributed by atoms with van der Waals surface area (Å²) in [5.74, 6) is -2.62. The lowest BCUT2D eigenvalue weighted by Crippen LogP contribution is -2.60. The first-order valence-electron chi connectivity index (χ1n) is 6.25. The van der Waals surface area contributed by atoms with Crippen LogP contribution in [0, 0.1) is 0 Å². The first kappa shape index (κ1) is 12.8. The third-order valence-corrected chi connectivity index (χ3v) is 3.50. The van der Waals surface area contributed by atoms with E-state index in [9.17, 15) is 5.11 Å².